The van der Waals surface area contributed by atoms with E-state index in [-0.39, 0.29) is 10.6 Å². The maximum atomic E-state index is 14.5. The Morgan fingerprint density at radius 3 is 2.29 bits per heavy atom. The van der Waals surface area contributed by atoms with Crippen molar-refractivity contribution in [2.45, 2.75) is 11.8 Å². The number of anilines is 1. The second-order valence-electron chi connectivity index (χ2n) is 7.18. The number of nitrogens with one attached hydrogen (secondary N) is 1. The number of methoxy groups -OCH3 is 1. The average Bonchev–Trinajstić information content (AvgIpc) is 2.83. The molecule has 10 heteroatoms. The zero-order valence-corrected chi connectivity index (χ0v) is 19.3. The Labute approximate surface area is 196 Å². The molecule has 3 aromatic rings. The molecule has 1 amide bonds. The van der Waals surface area contributed by atoms with Crippen molar-refractivity contribution in [2.24, 2.45) is 5.10 Å². The summed E-state index contributed by atoms with van der Waals surface area (Å²) in [6, 6.07) is 17.6. The van der Waals surface area contributed by atoms with Gasteiger partial charge in [0.05, 0.1) is 29.5 Å². The minimum Gasteiger partial charge on any atom is -0.465 e. The molecule has 176 valence electrons. The van der Waals surface area contributed by atoms with E-state index >= 15 is 0 Å². The Bertz CT molecular complexity index is 1310. The molecule has 0 aliphatic carbocycles. The average molecular weight is 484 g/mol. The fourth-order valence-electron chi connectivity index (χ4n) is 2.96. The number of hydrogen-bond donors (Lipinski definition) is 1. The minimum atomic E-state index is -4.24. The predicted molar refractivity (Wildman–Crippen MR) is 126 cm³/mol. The summed E-state index contributed by atoms with van der Waals surface area (Å²) in [6.07, 6.45) is 1.32. The van der Waals surface area contributed by atoms with E-state index in [9.17, 15) is 22.4 Å². The number of hydrazone groups is 1. The molecular formula is C24H22FN3O5S. The fourth-order valence-corrected chi connectivity index (χ4v) is 4.39. The normalized spacial score (nSPS) is 11.3. The third-order valence-electron chi connectivity index (χ3n) is 4.75. The van der Waals surface area contributed by atoms with Crippen LogP contribution in [-0.2, 0) is 19.6 Å². The van der Waals surface area contributed by atoms with Gasteiger partial charge in [-0.25, -0.2) is 23.0 Å². The van der Waals surface area contributed by atoms with Gasteiger partial charge in [-0.1, -0.05) is 42.0 Å². The minimum absolute atomic E-state index is 0.0802. The molecule has 0 aromatic heterocycles. The lowest BCUT2D eigenvalue weighted by molar-refractivity contribution is -0.119. The summed E-state index contributed by atoms with van der Waals surface area (Å²) in [5.41, 5.74) is 3.76. The van der Waals surface area contributed by atoms with Crippen LogP contribution in [0.15, 0.2) is 82.8 Å². The van der Waals surface area contributed by atoms with E-state index in [4.69, 9.17) is 0 Å². The van der Waals surface area contributed by atoms with Gasteiger partial charge in [0, 0.05) is 0 Å². The summed E-state index contributed by atoms with van der Waals surface area (Å²) in [6.45, 7) is 1.11. The Kier molecular flexibility index (Phi) is 7.75. The highest BCUT2D eigenvalue weighted by Gasteiger charge is 2.29. The highest BCUT2D eigenvalue weighted by molar-refractivity contribution is 7.92. The Morgan fingerprint density at radius 1 is 1.03 bits per heavy atom. The van der Waals surface area contributed by atoms with Gasteiger partial charge in [-0.15, -0.1) is 0 Å². The molecule has 8 nitrogen and oxygen atoms in total. The Hall–Kier alpha value is -4.05. The van der Waals surface area contributed by atoms with Crippen LogP contribution in [0.5, 0.6) is 0 Å². The number of para-hydroxylation sites is 1. The smallest absolute Gasteiger partial charge is 0.337 e. The summed E-state index contributed by atoms with van der Waals surface area (Å²) in [5, 5.41) is 3.82. The van der Waals surface area contributed by atoms with E-state index in [0.29, 0.717) is 15.4 Å². The summed E-state index contributed by atoms with van der Waals surface area (Å²) in [5.74, 6) is -2.05. The summed E-state index contributed by atoms with van der Waals surface area (Å²) in [4.78, 5) is 23.9. The van der Waals surface area contributed by atoms with Crippen LogP contribution < -0.4 is 9.73 Å². The maximum absolute atomic E-state index is 14.5. The standard InChI is InChI=1S/C24H22FN3O5S/c1-17-7-13-20(14-8-17)34(31,32)28(22-6-4-3-5-21(22)25)16-23(29)27-26-15-18-9-11-19(12-10-18)24(30)33-2/h3-15H,16H2,1-2H3,(H,27,29)/b26-15-. The monoisotopic (exact) mass is 483 g/mol. The number of amides is 1. The number of benzene rings is 3. The molecule has 0 unspecified atom stereocenters. The lowest BCUT2D eigenvalue weighted by Crippen LogP contribution is -2.40. The number of esters is 1. The second kappa shape index (κ2) is 10.7. The third kappa shape index (κ3) is 5.84. The van der Waals surface area contributed by atoms with Gasteiger partial charge in [0.15, 0.2) is 0 Å². The van der Waals surface area contributed by atoms with E-state index in [1.54, 1.807) is 31.2 Å². The van der Waals surface area contributed by atoms with Gasteiger partial charge in [0.25, 0.3) is 15.9 Å². The second-order valence-corrected chi connectivity index (χ2v) is 9.05. The van der Waals surface area contributed by atoms with Gasteiger partial charge in [0.2, 0.25) is 0 Å². The first kappa shape index (κ1) is 24.6. The zero-order valence-electron chi connectivity index (χ0n) is 18.4. The molecule has 0 atom stereocenters. The molecule has 0 aliphatic heterocycles. The molecule has 0 aliphatic rings. The van der Waals surface area contributed by atoms with Crippen LogP contribution in [0.4, 0.5) is 10.1 Å². The van der Waals surface area contributed by atoms with Gasteiger partial charge >= 0.3 is 5.97 Å². The maximum Gasteiger partial charge on any atom is 0.337 e. The number of hydrogen-bond acceptors (Lipinski definition) is 6. The number of ether oxygens (including phenoxy) is 1. The molecule has 0 radical (unpaired) electrons. The third-order valence-corrected chi connectivity index (χ3v) is 6.53. The fraction of sp³-hybridized carbons (Fsp3) is 0.125. The lowest BCUT2D eigenvalue weighted by Gasteiger charge is -2.24. The molecule has 3 rings (SSSR count). The SMILES string of the molecule is COC(=O)c1ccc(/C=N\NC(=O)CN(c2ccccc2F)S(=O)(=O)c2ccc(C)cc2)cc1. The van der Waals surface area contributed by atoms with Crippen LogP contribution in [0.25, 0.3) is 0 Å². The van der Waals surface area contributed by atoms with Gasteiger partial charge < -0.3 is 4.74 Å². The zero-order chi connectivity index (χ0) is 24.7. The first-order chi connectivity index (χ1) is 16.2. The van der Waals surface area contributed by atoms with Crippen LogP contribution in [0.1, 0.15) is 21.5 Å². The predicted octanol–water partition coefficient (Wildman–Crippen LogP) is 3.27. The summed E-state index contributed by atoms with van der Waals surface area (Å²) < 4.78 is 46.3. The number of aryl methyl sites for hydroxylation is 1. The van der Waals surface area contributed by atoms with Crippen molar-refractivity contribution >= 4 is 33.8 Å². The summed E-state index contributed by atoms with van der Waals surface area (Å²) >= 11 is 0. The Morgan fingerprint density at radius 2 is 1.68 bits per heavy atom. The topological polar surface area (TPSA) is 105 Å². The highest BCUT2D eigenvalue weighted by Crippen LogP contribution is 2.26. The van der Waals surface area contributed by atoms with E-state index < -0.39 is 34.3 Å². The number of carbonyl (C=O) groups is 2. The van der Waals surface area contributed by atoms with E-state index in [1.807, 2.05) is 0 Å². The van der Waals surface area contributed by atoms with E-state index in [1.165, 1.54) is 55.8 Å². The molecule has 1 N–H and O–H groups in total. The molecule has 0 saturated heterocycles. The van der Waals surface area contributed by atoms with Crippen LogP contribution >= 0.6 is 0 Å². The van der Waals surface area contributed by atoms with Crippen molar-refractivity contribution in [3.63, 3.8) is 0 Å². The Balaban J connectivity index is 1.79. The van der Waals surface area contributed by atoms with Gasteiger partial charge in [-0.2, -0.15) is 5.10 Å². The van der Waals surface area contributed by atoms with Crippen LogP contribution in [0, 0.1) is 12.7 Å². The highest BCUT2D eigenvalue weighted by atomic mass is 32.2. The number of nitrogens with zero attached hydrogens (tertiary/aromatic N) is 2. The number of halogens is 1. The first-order valence-corrected chi connectivity index (χ1v) is 11.5. The van der Waals surface area contributed by atoms with Gasteiger partial charge in [0.1, 0.15) is 12.4 Å². The van der Waals surface area contributed by atoms with Crippen molar-refractivity contribution in [1.29, 1.82) is 0 Å². The van der Waals surface area contributed by atoms with Gasteiger partial charge in [-0.05, 0) is 48.9 Å². The number of rotatable bonds is 8. The van der Waals surface area contributed by atoms with Crippen molar-refractivity contribution in [1.82, 2.24) is 5.43 Å². The van der Waals surface area contributed by atoms with Crippen LogP contribution in [-0.4, -0.2) is 40.2 Å². The lowest BCUT2D eigenvalue weighted by atomic mass is 10.1. The molecular weight excluding hydrogens is 461 g/mol. The number of sulfonamides is 1. The molecule has 0 saturated carbocycles. The molecule has 0 spiro atoms. The largest absolute Gasteiger partial charge is 0.465 e. The van der Waals surface area contributed by atoms with Crippen molar-refractivity contribution in [3.05, 3.63) is 95.3 Å². The van der Waals surface area contributed by atoms with Crippen molar-refractivity contribution < 1.29 is 27.1 Å². The quantitative estimate of drug-likeness (QED) is 0.301. The summed E-state index contributed by atoms with van der Waals surface area (Å²) in [7, 11) is -2.97. The van der Waals surface area contributed by atoms with Gasteiger partial charge in [-0.3, -0.25) is 9.10 Å². The first-order valence-electron chi connectivity index (χ1n) is 10.1. The van der Waals surface area contributed by atoms with Crippen LogP contribution in [0.3, 0.4) is 0 Å². The molecule has 0 bridgehead atoms. The number of carbonyl (C=O) groups excluding carboxylic acids is 2. The van der Waals surface area contributed by atoms with E-state index in [2.05, 4.69) is 15.3 Å². The van der Waals surface area contributed by atoms with Crippen LogP contribution in [0.2, 0.25) is 0 Å². The van der Waals surface area contributed by atoms with Crippen molar-refractivity contribution in [2.75, 3.05) is 18.0 Å². The van der Waals surface area contributed by atoms with E-state index in [0.717, 1.165) is 11.6 Å². The molecule has 34 heavy (non-hydrogen) atoms. The molecule has 3 aromatic carbocycles. The molecule has 0 fully saturated rings. The molecule has 0 heterocycles. The van der Waals surface area contributed by atoms with Crippen molar-refractivity contribution in [3.8, 4) is 0 Å².